The third kappa shape index (κ3) is 5.07. The summed E-state index contributed by atoms with van der Waals surface area (Å²) in [5.74, 6) is -0.101. The molecule has 3 aromatic rings. The maximum atomic E-state index is 13.9. The Hall–Kier alpha value is -1.94. The predicted molar refractivity (Wildman–Crippen MR) is 136 cm³/mol. The number of hydrogen-bond donors (Lipinski definition) is 1. The van der Waals surface area contributed by atoms with Gasteiger partial charge in [-0.05, 0) is 47.9 Å². The summed E-state index contributed by atoms with van der Waals surface area (Å²) in [7, 11) is -0.659. The minimum Gasteiger partial charge on any atom is -0.611 e. The highest BCUT2D eigenvalue weighted by Gasteiger charge is 2.40. The molecule has 1 N–H and O–H groups in total. The van der Waals surface area contributed by atoms with Crippen LogP contribution >= 0.6 is 22.9 Å². The Balaban J connectivity index is 1.58. The Morgan fingerprint density at radius 2 is 1.95 bits per heavy atom. The van der Waals surface area contributed by atoms with Crippen LogP contribution in [-0.4, -0.2) is 65.1 Å². The molecule has 0 aliphatic carbocycles. The van der Waals surface area contributed by atoms with E-state index in [0.29, 0.717) is 28.2 Å². The van der Waals surface area contributed by atoms with Gasteiger partial charge >= 0.3 is 6.18 Å². The average Bonchev–Trinajstić information content (AvgIpc) is 3.26. The number of thiophene rings is 1. The Labute approximate surface area is 223 Å². The summed E-state index contributed by atoms with van der Waals surface area (Å²) in [5.41, 5.74) is 0.940. The van der Waals surface area contributed by atoms with Gasteiger partial charge in [-0.15, -0.1) is 11.3 Å². The van der Waals surface area contributed by atoms with E-state index in [1.165, 1.54) is 13.1 Å². The first kappa shape index (κ1) is 26.7. The lowest BCUT2D eigenvalue weighted by molar-refractivity contribution is -0.137. The van der Waals surface area contributed by atoms with Crippen LogP contribution in [-0.2, 0) is 40.3 Å². The van der Waals surface area contributed by atoms with Gasteiger partial charge in [-0.1, -0.05) is 11.6 Å². The summed E-state index contributed by atoms with van der Waals surface area (Å²) in [6.45, 7) is 1.63. The molecule has 2 aromatic heterocycles. The Morgan fingerprint density at radius 3 is 2.68 bits per heavy atom. The molecular weight excluding hydrogens is 571 g/mol. The highest BCUT2D eigenvalue weighted by Crippen LogP contribution is 2.44. The zero-order chi connectivity index (χ0) is 26.7. The third-order valence-electron chi connectivity index (χ3n) is 6.21. The van der Waals surface area contributed by atoms with Crippen molar-refractivity contribution in [3.05, 3.63) is 46.1 Å². The van der Waals surface area contributed by atoms with Gasteiger partial charge in [-0.2, -0.15) is 17.5 Å². The molecular formula is C22H21ClF3N5O3S3. The van der Waals surface area contributed by atoms with Gasteiger partial charge in [0.25, 0.3) is 10.0 Å². The third-order valence-corrected chi connectivity index (χ3v) is 11.7. The Morgan fingerprint density at radius 1 is 1.19 bits per heavy atom. The molecule has 5 rings (SSSR count). The molecule has 15 heteroatoms. The molecule has 2 aliphatic heterocycles. The quantitative estimate of drug-likeness (QED) is 0.452. The zero-order valence-corrected chi connectivity index (χ0v) is 22.8. The van der Waals surface area contributed by atoms with E-state index in [-0.39, 0.29) is 32.2 Å². The van der Waals surface area contributed by atoms with Crippen molar-refractivity contribution < 1.29 is 26.1 Å². The maximum absolute atomic E-state index is 13.9. The van der Waals surface area contributed by atoms with E-state index in [9.17, 15) is 26.1 Å². The molecule has 0 bridgehead atoms. The van der Waals surface area contributed by atoms with Crippen molar-refractivity contribution >= 4 is 55.8 Å². The molecule has 0 spiro atoms. The van der Waals surface area contributed by atoms with Crippen LogP contribution in [0.15, 0.2) is 33.5 Å². The van der Waals surface area contributed by atoms with E-state index in [0.717, 1.165) is 34.9 Å². The van der Waals surface area contributed by atoms with Crippen LogP contribution in [0.2, 0.25) is 5.02 Å². The summed E-state index contributed by atoms with van der Waals surface area (Å²) in [6, 6.07) is 4.87. The molecule has 2 aliphatic rings. The standard InChI is InChI=1S/C22H21ClF3N5O3S3/c1-30-4-3-12-8-16(15(23)7-13(12)11-30)28-21-27-10-14(22(24,25)26)19(29-21)17-9-18-20(35-17)37(33,34)31(2)5-6-36(18)32/h7-10H,3-6,11H2,1-2H3,(H,27,28,29). The summed E-state index contributed by atoms with van der Waals surface area (Å²) >= 11 is 5.36. The zero-order valence-electron chi connectivity index (χ0n) is 19.6. The summed E-state index contributed by atoms with van der Waals surface area (Å²) in [5, 5.41) is 3.28. The number of likely N-dealkylation sites (N-methyl/N-ethyl adjacent to an activating group) is 1. The number of fused-ring (bicyclic) bond motifs is 2. The van der Waals surface area contributed by atoms with Crippen molar-refractivity contribution in [2.24, 2.45) is 0 Å². The van der Waals surface area contributed by atoms with E-state index in [2.05, 4.69) is 20.2 Å². The lowest BCUT2D eigenvalue weighted by Crippen LogP contribution is -2.28. The molecule has 0 saturated carbocycles. The van der Waals surface area contributed by atoms with Gasteiger partial charge < -0.3 is 14.8 Å². The van der Waals surface area contributed by atoms with Gasteiger partial charge in [-0.25, -0.2) is 18.4 Å². The fourth-order valence-corrected chi connectivity index (χ4v) is 9.48. The highest BCUT2D eigenvalue weighted by molar-refractivity contribution is 7.95. The number of alkyl halides is 3. The lowest BCUT2D eigenvalue weighted by atomic mass is 9.99. The smallest absolute Gasteiger partial charge is 0.420 e. The Bertz CT molecular complexity index is 1480. The normalized spacial score (nSPS) is 20.2. The number of sulfonamides is 1. The first-order valence-corrected chi connectivity index (χ1v) is 15.0. The van der Waals surface area contributed by atoms with Crippen LogP contribution in [0.25, 0.3) is 10.6 Å². The van der Waals surface area contributed by atoms with Gasteiger partial charge in [0, 0.05) is 32.4 Å². The van der Waals surface area contributed by atoms with E-state index >= 15 is 0 Å². The first-order chi connectivity index (χ1) is 17.3. The number of nitrogens with zero attached hydrogens (tertiary/aromatic N) is 4. The van der Waals surface area contributed by atoms with E-state index in [1.54, 1.807) is 0 Å². The molecule has 1 atom stereocenters. The van der Waals surface area contributed by atoms with Crippen LogP contribution < -0.4 is 5.32 Å². The molecule has 4 heterocycles. The second-order valence-corrected chi connectivity index (χ2v) is 14.0. The number of aromatic nitrogens is 2. The topological polar surface area (TPSA) is 101 Å². The monoisotopic (exact) mass is 591 g/mol. The number of rotatable bonds is 3. The molecule has 1 aromatic carbocycles. The molecule has 8 nitrogen and oxygen atoms in total. The van der Waals surface area contributed by atoms with Gasteiger partial charge in [-0.3, -0.25) is 0 Å². The largest absolute Gasteiger partial charge is 0.611 e. The van der Waals surface area contributed by atoms with Crippen LogP contribution in [0.1, 0.15) is 16.7 Å². The number of hydrogen-bond acceptors (Lipinski definition) is 8. The molecule has 0 amide bonds. The number of anilines is 2. The minimum absolute atomic E-state index is 0.0201. The first-order valence-electron chi connectivity index (χ1n) is 11.0. The van der Waals surface area contributed by atoms with Crippen molar-refractivity contribution in [3.8, 4) is 10.6 Å². The molecule has 0 radical (unpaired) electrons. The number of benzene rings is 1. The highest BCUT2D eigenvalue weighted by atomic mass is 35.5. The van der Waals surface area contributed by atoms with Crippen molar-refractivity contribution in [1.29, 1.82) is 0 Å². The maximum Gasteiger partial charge on any atom is 0.420 e. The van der Waals surface area contributed by atoms with Crippen molar-refractivity contribution in [2.75, 3.05) is 38.3 Å². The van der Waals surface area contributed by atoms with Crippen LogP contribution in [0.4, 0.5) is 24.8 Å². The van der Waals surface area contributed by atoms with Crippen LogP contribution in [0, 0.1) is 0 Å². The van der Waals surface area contributed by atoms with Crippen molar-refractivity contribution in [1.82, 2.24) is 19.2 Å². The van der Waals surface area contributed by atoms with Gasteiger partial charge in [0.1, 0.15) is 11.3 Å². The second kappa shape index (κ2) is 9.67. The minimum atomic E-state index is -4.81. The molecule has 0 saturated heterocycles. The SMILES string of the molecule is CN1CCc2cc(Nc3ncc(C(F)(F)F)c(-c4cc5c(s4)S(=O)(=O)N(C)CC[S+]5[O-])n3)c(Cl)cc2C1. The van der Waals surface area contributed by atoms with Crippen LogP contribution in [0.5, 0.6) is 0 Å². The predicted octanol–water partition coefficient (Wildman–Crippen LogP) is 4.35. The summed E-state index contributed by atoms with van der Waals surface area (Å²) in [6.07, 6.45) is -3.37. The summed E-state index contributed by atoms with van der Waals surface area (Å²) < 4.78 is 81.0. The second-order valence-electron chi connectivity index (χ2n) is 8.81. The average molecular weight is 592 g/mol. The van der Waals surface area contributed by atoms with Gasteiger partial charge in [0.05, 0.1) is 27.8 Å². The molecule has 198 valence electrons. The van der Waals surface area contributed by atoms with E-state index in [1.807, 2.05) is 19.2 Å². The Kier molecular flexibility index (Phi) is 6.96. The van der Waals surface area contributed by atoms with Crippen molar-refractivity contribution in [3.63, 3.8) is 0 Å². The number of halogens is 4. The lowest BCUT2D eigenvalue weighted by Gasteiger charge is -2.26. The molecule has 37 heavy (non-hydrogen) atoms. The van der Waals surface area contributed by atoms with E-state index < -0.39 is 38.6 Å². The fraction of sp³-hybridized carbons (Fsp3) is 0.364. The molecule has 1 unspecified atom stereocenters. The van der Waals surface area contributed by atoms with Gasteiger partial charge in [0.15, 0.2) is 9.10 Å². The summed E-state index contributed by atoms with van der Waals surface area (Å²) in [4.78, 5) is 10.0. The van der Waals surface area contributed by atoms with Crippen molar-refractivity contribution in [2.45, 2.75) is 28.2 Å². The fourth-order valence-electron chi connectivity index (χ4n) is 4.17. The molecule has 0 fully saturated rings. The van der Waals surface area contributed by atoms with Gasteiger partial charge in [0.2, 0.25) is 5.95 Å². The number of nitrogens with one attached hydrogen (secondary N) is 1. The van der Waals surface area contributed by atoms with E-state index in [4.69, 9.17) is 11.6 Å². The van der Waals surface area contributed by atoms with Crippen LogP contribution in [0.3, 0.4) is 0 Å².